The summed E-state index contributed by atoms with van der Waals surface area (Å²) in [4.78, 5) is 8.25. The third kappa shape index (κ3) is 4.17. The van der Waals surface area contributed by atoms with Gasteiger partial charge < -0.3 is 10.6 Å². The molecule has 0 fully saturated rings. The fourth-order valence-electron chi connectivity index (χ4n) is 2.02. The Morgan fingerprint density at radius 3 is 2.48 bits per heavy atom. The second-order valence-electron chi connectivity index (χ2n) is 4.87. The monoisotopic (exact) mass is 328 g/mol. The van der Waals surface area contributed by atoms with Crippen LogP contribution in [-0.2, 0) is 6.54 Å². The van der Waals surface area contributed by atoms with Gasteiger partial charge in [-0.3, -0.25) is 0 Å². The van der Waals surface area contributed by atoms with Crippen LogP contribution in [0.1, 0.15) is 5.56 Å². The lowest BCUT2D eigenvalue weighted by Gasteiger charge is -2.09. The maximum Gasteiger partial charge on any atom is 0.146 e. The normalized spacial score (nSPS) is 10.3. The molecular weight excluding hydrogens is 315 g/mol. The molecule has 0 saturated carbocycles. The van der Waals surface area contributed by atoms with Gasteiger partial charge in [0.1, 0.15) is 23.8 Å². The molecule has 0 saturated heterocycles. The summed E-state index contributed by atoms with van der Waals surface area (Å²) in [6, 6.07) is 15.7. The van der Waals surface area contributed by atoms with Gasteiger partial charge in [-0.05, 0) is 29.8 Å². The van der Waals surface area contributed by atoms with Crippen molar-refractivity contribution in [3.05, 3.63) is 77.3 Å². The number of nitrogens with one attached hydrogen (secondary N) is 2. The molecule has 3 aromatic rings. The number of hydrogen-bond donors (Lipinski definition) is 2. The summed E-state index contributed by atoms with van der Waals surface area (Å²) in [5.74, 6) is 0.833. The number of anilines is 3. The fourth-order valence-corrected chi connectivity index (χ4v) is 2.14. The molecule has 2 N–H and O–H groups in total. The highest BCUT2D eigenvalue weighted by molar-refractivity contribution is 6.30. The van der Waals surface area contributed by atoms with E-state index in [2.05, 4.69) is 20.6 Å². The summed E-state index contributed by atoms with van der Waals surface area (Å²) < 4.78 is 13.6. The van der Waals surface area contributed by atoms with E-state index >= 15 is 0 Å². The maximum atomic E-state index is 13.6. The number of para-hydroxylation sites is 1. The number of aromatic nitrogens is 2. The van der Waals surface area contributed by atoms with Crippen molar-refractivity contribution in [3.63, 3.8) is 0 Å². The van der Waals surface area contributed by atoms with E-state index < -0.39 is 0 Å². The van der Waals surface area contributed by atoms with E-state index in [-0.39, 0.29) is 5.82 Å². The Balaban J connectivity index is 1.67. The molecule has 1 heterocycles. The van der Waals surface area contributed by atoms with Gasteiger partial charge in [0, 0.05) is 17.6 Å². The van der Waals surface area contributed by atoms with Gasteiger partial charge in [-0.15, -0.1) is 0 Å². The molecule has 0 radical (unpaired) electrons. The van der Waals surface area contributed by atoms with Gasteiger partial charge in [0.25, 0.3) is 0 Å². The third-order valence-corrected chi connectivity index (χ3v) is 3.44. The topological polar surface area (TPSA) is 49.8 Å². The van der Waals surface area contributed by atoms with Gasteiger partial charge in [-0.1, -0.05) is 35.9 Å². The molecule has 4 nitrogen and oxygen atoms in total. The third-order valence-electron chi connectivity index (χ3n) is 3.19. The van der Waals surface area contributed by atoms with E-state index in [1.54, 1.807) is 24.3 Å². The van der Waals surface area contributed by atoms with Crippen molar-refractivity contribution in [3.8, 4) is 0 Å². The number of rotatable bonds is 5. The molecule has 23 heavy (non-hydrogen) atoms. The highest BCUT2D eigenvalue weighted by Crippen LogP contribution is 2.19. The summed E-state index contributed by atoms with van der Waals surface area (Å²) in [7, 11) is 0. The first-order valence-electron chi connectivity index (χ1n) is 7.02. The van der Waals surface area contributed by atoms with Crippen LogP contribution in [0.2, 0.25) is 5.02 Å². The van der Waals surface area contributed by atoms with E-state index in [4.69, 9.17) is 11.6 Å². The fraction of sp³-hybridized carbons (Fsp3) is 0.0588. The van der Waals surface area contributed by atoms with E-state index in [9.17, 15) is 4.39 Å². The molecule has 0 aliphatic carbocycles. The molecule has 116 valence electrons. The number of halogens is 2. The van der Waals surface area contributed by atoms with Gasteiger partial charge >= 0.3 is 0 Å². The number of nitrogens with zero attached hydrogens (tertiary/aromatic N) is 2. The SMILES string of the molecule is Fc1ccccc1Nc1cc(NCc2ccc(Cl)cc2)ncn1. The van der Waals surface area contributed by atoms with Gasteiger partial charge in [0.05, 0.1) is 5.69 Å². The minimum Gasteiger partial charge on any atom is -0.366 e. The van der Waals surface area contributed by atoms with Crippen LogP contribution in [0.25, 0.3) is 0 Å². The first kappa shape index (κ1) is 15.2. The molecule has 0 atom stereocenters. The van der Waals surface area contributed by atoms with E-state index in [0.717, 1.165) is 5.56 Å². The number of benzene rings is 2. The molecule has 6 heteroatoms. The van der Waals surface area contributed by atoms with Crippen LogP contribution in [0, 0.1) is 5.82 Å². The van der Waals surface area contributed by atoms with Crippen LogP contribution in [-0.4, -0.2) is 9.97 Å². The van der Waals surface area contributed by atoms with Crippen molar-refractivity contribution in [2.24, 2.45) is 0 Å². The summed E-state index contributed by atoms with van der Waals surface area (Å²) in [5, 5.41) is 6.83. The Bertz CT molecular complexity index is 793. The van der Waals surface area contributed by atoms with Gasteiger partial charge in [0.2, 0.25) is 0 Å². The van der Waals surface area contributed by atoms with Crippen molar-refractivity contribution in [2.75, 3.05) is 10.6 Å². The standard InChI is InChI=1S/C17H14ClFN4/c18-13-7-5-12(6-8-13)10-20-16-9-17(22-11-21-16)23-15-4-2-1-3-14(15)19/h1-9,11H,10H2,(H2,20,21,22,23). The van der Waals surface area contributed by atoms with E-state index in [1.807, 2.05) is 24.3 Å². The predicted octanol–water partition coefficient (Wildman–Crippen LogP) is 4.62. The average molecular weight is 329 g/mol. The Labute approximate surface area is 138 Å². The van der Waals surface area contributed by atoms with Crippen LogP contribution in [0.3, 0.4) is 0 Å². The summed E-state index contributed by atoms with van der Waals surface area (Å²) in [5.41, 5.74) is 1.45. The molecule has 0 aliphatic rings. The molecule has 0 aliphatic heterocycles. The van der Waals surface area contributed by atoms with Crippen LogP contribution >= 0.6 is 11.6 Å². The molecule has 0 bridgehead atoms. The zero-order valence-electron chi connectivity index (χ0n) is 12.1. The Morgan fingerprint density at radius 2 is 1.70 bits per heavy atom. The smallest absolute Gasteiger partial charge is 0.146 e. The van der Waals surface area contributed by atoms with E-state index in [0.29, 0.717) is 28.9 Å². The molecule has 0 spiro atoms. The van der Waals surface area contributed by atoms with Crippen molar-refractivity contribution in [1.29, 1.82) is 0 Å². The highest BCUT2D eigenvalue weighted by atomic mass is 35.5. The van der Waals surface area contributed by atoms with Crippen LogP contribution in [0.4, 0.5) is 21.7 Å². The Morgan fingerprint density at radius 1 is 0.957 bits per heavy atom. The molecule has 2 aromatic carbocycles. The predicted molar refractivity (Wildman–Crippen MR) is 90.5 cm³/mol. The largest absolute Gasteiger partial charge is 0.366 e. The average Bonchev–Trinajstić information content (AvgIpc) is 2.57. The first-order chi connectivity index (χ1) is 11.2. The Hall–Kier alpha value is -2.66. The molecular formula is C17H14ClFN4. The van der Waals surface area contributed by atoms with Crippen molar-refractivity contribution >= 4 is 28.9 Å². The van der Waals surface area contributed by atoms with Gasteiger partial charge in [-0.25, -0.2) is 14.4 Å². The first-order valence-corrected chi connectivity index (χ1v) is 7.40. The van der Waals surface area contributed by atoms with Crippen molar-refractivity contribution in [1.82, 2.24) is 9.97 Å². The van der Waals surface area contributed by atoms with Crippen molar-refractivity contribution < 1.29 is 4.39 Å². The summed E-state index contributed by atoms with van der Waals surface area (Å²) >= 11 is 5.86. The van der Waals surface area contributed by atoms with Crippen molar-refractivity contribution in [2.45, 2.75) is 6.54 Å². The minimum absolute atomic E-state index is 0.332. The quantitative estimate of drug-likeness (QED) is 0.717. The van der Waals surface area contributed by atoms with Gasteiger partial charge in [0.15, 0.2) is 0 Å². The van der Waals surface area contributed by atoms with Crippen LogP contribution in [0.5, 0.6) is 0 Å². The summed E-state index contributed by atoms with van der Waals surface area (Å²) in [6.45, 7) is 0.604. The highest BCUT2D eigenvalue weighted by Gasteiger charge is 2.03. The molecule has 3 rings (SSSR count). The molecule has 0 unspecified atom stereocenters. The molecule has 0 amide bonds. The lowest BCUT2D eigenvalue weighted by atomic mass is 10.2. The second-order valence-corrected chi connectivity index (χ2v) is 5.31. The van der Waals surface area contributed by atoms with Crippen LogP contribution < -0.4 is 10.6 Å². The summed E-state index contributed by atoms with van der Waals surface area (Å²) in [6.07, 6.45) is 1.42. The lowest BCUT2D eigenvalue weighted by molar-refractivity contribution is 0.632. The lowest BCUT2D eigenvalue weighted by Crippen LogP contribution is -2.03. The van der Waals surface area contributed by atoms with Gasteiger partial charge in [-0.2, -0.15) is 0 Å². The molecule has 1 aromatic heterocycles. The minimum atomic E-state index is -0.332. The second kappa shape index (κ2) is 7.07. The van der Waals surface area contributed by atoms with E-state index in [1.165, 1.54) is 12.4 Å². The number of hydrogen-bond acceptors (Lipinski definition) is 4. The van der Waals surface area contributed by atoms with Crippen LogP contribution in [0.15, 0.2) is 60.9 Å². The Kier molecular flexibility index (Phi) is 4.68. The zero-order valence-corrected chi connectivity index (χ0v) is 12.9. The zero-order chi connectivity index (χ0) is 16.1. The maximum absolute atomic E-state index is 13.6.